The van der Waals surface area contributed by atoms with E-state index in [-0.39, 0.29) is 24.5 Å². The van der Waals surface area contributed by atoms with Gasteiger partial charge in [-0.1, -0.05) is 6.07 Å². The molecule has 136 valence electrons. The van der Waals surface area contributed by atoms with E-state index in [1.54, 1.807) is 6.07 Å². The van der Waals surface area contributed by atoms with Crippen molar-refractivity contribution in [3.8, 4) is 5.75 Å². The molecule has 0 fully saturated rings. The Morgan fingerprint density at radius 1 is 1.32 bits per heavy atom. The van der Waals surface area contributed by atoms with Crippen LogP contribution >= 0.6 is 0 Å². The fraction of sp³-hybridized carbons (Fsp3) is 0.267. The van der Waals surface area contributed by atoms with Crippen LogP contribution in [-0.2, 0) is 25.7 Å². The molecule has 0 spiro atoms. The number of carboxylic acid groups (broad SMARTS) is 2. The summed E-state index contributed by atoms with van der Waals surface area (Å²) in [6.07, 6.45) is -2.30. The van der Waals surface area contributed by atoms with Crippen molar-refractivity contribution in [2.45, 2.75) is 25.4 Å². The van der Waals surface area contributed by atoms with Gasteiger partial charge in [-0.2, -0.15) is 0 Å². The van der Waals surface area contributed by atoms with Crippen LogP contribution in [0.5, 0.6) is 5.75 Å². The third-order valence-corrected chi connectivity index (χ3v) is 2.94. The highest BCUT2D eigenvalue weighted by Crippen LogP contribution is 2.27. The summed E-state index contributed by atoms with van der Waals surface area (Å²) < 4.78 is 15.0. The lowest BCUT2D eigenvalue weighted by molar-refractivity contribution is -0.146. The highest BCUT2D eigenvalue weighted by molar-refractivity contribution is 5.84. The molecule has 0 aromatic heterocycles. The summed E-state index contributed by atoms with van der Waals surface area (Å²) in [6.45, 7) is 1.84. The van der Waals surface area contributed by atoms with Gasteiger partial charge in [0.15, 0.2) is 0 Å². The summed E-state index contributed by atoms with van der Waals surface area (Å²) in [6, 6.07) is 4.48. The Morgan fingerprint density at radius 3 is 2.56 bits per heavy atom. The molecule has 25 heavy (non-hydrogen) atoms. The Kier molecular flexibility index (Phi) is 7.22. The minimum Gasteiger partial charge on any atom is -0.475 e. The molecule has 0 saturated heterocycles. The molecule has 5 N–H and O–H groups in total. The number of hydrogen-bond acceptors (Lipinski definition) is 8. The van der Waals surface area contributed by atoms with Gasteiger partial charge in [-0.15, -0.1) is 0 Å². The zero-order valence-electron chi connectivity index (χ0n) is 13.0. The zero-order valence-corrected chi connectivity index (χ0v) is 13.0. The van der Waals surface area contributed by atoms with Gasteiger partial charge >= 0.3 is 12.1 Å². The van der Waals surface area contributed by atoms with Crippen molar-refractivity contribution >= 4 is 24.6 Å². The van der Waals surface area contributed by atoms with Crippen molar-refractivity contribution in [3.05, 3.63) is 35.6 Å². The predicted octanol–water partition coefficient (Wildman–Crippen LogP) is 0.733. The molecule has 0 aliphatic carbocycles. The van der Waals surface area contributed by atoms with Crippen molar-refractivity contribution < 1.29 is 43.9 Å². The first-order chi connectivity index (χ1) is 11.8. The van der Waals surface area contributed by atoms with Gasteiger partial charge in [0, 0.05) is 0 Å². The average Bonchev–Trinajstić information content (AvgIpc) is 2.56. The maximum atomic E-state index is 10.9. The number of hydrogen-bond donors (Lipinski definition) is 4. The smallest absolute Gasteiger partial charge is 0.475 e. The molecule has 1 aromatic rings. The molecule has 0 saturated carbocycles. The number of nitrogen functional groups attached to an aromatic ring is 1. The van der Waals surface area contributed by atoms with E-state index in [1.165, 1.54) is 12.1 Å². The fourth-order valence-electron chi connectivity index (χ4n) is 1.94. The third-order valence-electron chi connectivity index (χ3n) is 2.94. The number of carboxylic acids is 1. The fourth-order valence-corrected chi connectivity index (χ4v) is 1.94. The standard InChI is InChI=1S/C14H15NO8.CH2O/c15-9-3-7(6-21-14(19)20)1-2-10(9)22-12-5-8(16)4-11(23-12)13(17)18;1-2/h1-4,8,12,16H,5-6,15H2,(H,17,18)(H,19,20);1H2. The van der Waals surface area contributed by atoms with Crippen molar-refractivity contribution in [1.82, 2.24) is 0 Å². The van der Waals surface area contributed by atoms with Crippen LogP contribution in [0.15, 0.2) is 30.0 Å². The van der Waals surface area contributed by atoms with Crippen LogP contribution in [0.3, 0.4) is 0 Å². The summed E-state index contributed by atoms with van der Waals surface area (Å²) in [5.74, 6) is -1.50. The lowest BCUT2D eigenvalue weighted by atomic mass is 10.1. The molecule has 2 unspecified atom stereocenters. The van der Waals surface area contributed by atoms with Crippen LogP contribution in [-0.4, -0.2) is 46.6 Å². The summed E-state index contributed by atoms with van der Waals surface area (Å²) >= 11 is 0. The Bertz CT molecular complexity index is 658. The van der Waals surface area contributed by atoms with Gasteiger partial charge in [-0.3, -0.25) is 0 Å². The van der Waals surface area contributed by atoms with Crippen LogP contribution in [0.4, 0.5) is 10.5 Å². The van der Waals surface area contributed by atoms with E-state index in [1.807, 2.05) is 6.79 Å². The predicted molar refractivity (Wildman–Crippen MR) is 82.6 cm³/mol. The van der Waals surface area contributed by atoms with Gasteiger partial charge in [0.1, 0.15) is 19.1 Å². The summed E-state index contributed by atoms with van der Waals surface area (Å²) in [7, 11) is 0. The third kappa shape index (κ3) is 6.03. The topological polar surface area (TPSA) is 166 Å². The van der Waals surface area contributed by atoms with E-state index in [9.17, 15) is 14.7 Å². The molecule has 10 nitrogen and oxygen atoms in total. The number of aliphatic carboxylic acids is 1. The van der Waals surface area contributed by atoms with Gasteiger partial charge < -0.3 is 40.1 Å². The number of aliphatic hydroxyl groups is 1. The van der Waals surface area contributed by atoms with Crippen LogP contribution in [0.2, 0.25) is 0 Å². The number of nitrogens with two attached hydrogens (primary N) is 1. The van der Waals surface area contributed by atoms with Crippen LogP contribution in [0, 0.1) is 0 Å². The number of aliphatic hydroxyl groups excluding tert-OH is 1. The molecule has 1 heterocycles. The van der Waals surface area contributed by atoms with E-state index < -0.39 is 30.3 Å². The summed E-state index contributed by atoms with van der Waals surface area (Å²) in [4.78, 5) is 29.2. The van der Waals surface area contributed by atoms with Crippen molar-refractivity contribution in [2.75, 3.05) is 5.73 Å². The Morgan fingerprint density at radius 2 is 2.00 bits per heavy atom. The van der Waals surface area contributed by atoms with Crippen molar-refractivity contribution in [1.29, 1.82) is 0 Å². The second-order valence-electron chi connectivity index (χ2n) is 4.73. The molecule has 1 aliphatic heterocycles. The largest absolute Gasteiger partial charge is 0.506 e. The van der Waals surface area contributed by atoms with Gasteiger partial charge in [0.2, 0.25) is 12.0 Å². The molecule has 1 aromatic carbocycles. The molecular weight excluding hydrogens is 338 g/mol. The number of carbonyl (C=O) groups excluding carboxylic acids is 1. The summed E-state index contributed by atoms with van der Waals surface area (Å²) in [5.41, 5.74) is 6.51. The van der Waals surface area contributed by atoms with Crippen LogP contribution in [0.1, 0.15) is 12.0 Å². The molecule has 1 aliphatic rings. The second kappa shape index (κ2) is 9.13. The SMILES string of the molecule is C=O.Nc1cc(COC(=O)O)ccc1OC1CC(O)C=C(C(=O)O)O1. The van der Waals surface area contributed by atoms with Crippen LogP contribution in [0.25, 0.3) is 0 Å². The molecular formula is C15H17NO9. The molecule has 0 amide bonds. The first-order valence-electron chi connectivity index (χ1n) is 6.84. The van der Waals surface area contributed by atoms with Gasteiger partial charge in [0.25, 0.3) is 0 Å². The molecule has 2 rings (SSSR count). The summed E-state index contributed by atoms with van der Waals surface area (Å²) in [5, 5.41) is 26.9. The maximum absolute atomic E-state index is 10.9. The molecule has 0 bridgehead atoms. The Labute approximate surface area is 142 Å². The lowest BCUT2D eigenvalue weighted by Crippen LogP contribution is -2.32. The highest BCUT2D eigenvalue weighted by atomic mass is 16.7. The van der Waals surface area contributed by atoms with Crippen LogP contribution < -0.4 is 10.5 Å². The van der Waals surface area contributed by atoms with E-state index in [4.69, 9.17) is 30.2 Å². The van der Waals surface area contributed by atoms with Gasteiger partial charge in [0.05, 0.1) is 18.2 Å². The minimum absolute atomic E-state index is 0.0418. The van der Waals surface area contributed by atoms with E-state index in [2.05, 4.69) is 4.74 Å². The number of carbonyl (C=O) groups is 3. The molecule has 0 radical (unpaired) electrons. The Hall–Kier alpha value is -3.27. The maximum Gasteiger partial charge on any atom is 0.506 e. The second-order valence-corrected chi connectivity index (χ2v) is 4.73. The number of ether oxygens (including phenoxy) is 3. The number of rotatable bonds is 5. The molecule has 10 heteroatoms. The van der Waals surface area contributed by atoms with Crippen molar-refractivity contribution in [3.63, 3.8) is 0 Å². The first-order valence-corrected chi connectivity index (χ1v) is 6.84. The van der Waals surface area contributed by atoms with Gasteiger partial charge in [-0.25, -0.2) is 9.59 Å². The van der Waals surface area contributed by atoms with Gasteiger partial charge in [-0.05, 0) is 23.8 Å². The molecule has 2 atom stereocenters. The van der Waals surface area contributed by atoms with E-state index in [0.717, 1.165) is 6.08 Å². The van der Waals surface area contributed by atoms with E-state index in [0.29, 0.717) is 5.56 Å². The average molecular weight is 355 g/mol. The highest BCUT2D eigenvalue weighted by Gasteiger charge is 2.27. The quantitative estimate of drug-likeness (QED) is 0.437. The number of anilines is 1. The minimum atomic E-state index is -1.40. The monoisotopic (exact) mass is 355 g/mol. The zero-order chi connectivity index (χ0) is 19.0. The normalized spacial score (nSPS) is 18.7. The first kappa shape index (κ1) is 19.8. The Balaban J connectivity index is 0.00000151. The van der Waals surface area contributed by atoms with Crippen molar-refractivity contribution in [2.24, 2.45) is 0 Å². The lowest BCUT2D eigenvalue weighted by Gasteiger charge is -2.26. The number of benzene rings is 1. The van der Waals surface area contributed by atoms with E-state index >= 15 is 0 Å².